The number of esters is 1. The smallest absolute Gasteiger partial charge is 0.417 e. The number of benzene rings is 2. The Morgan fingerprint density at radius 2 is 1.77 bits per heavy atom. The van der Waals surface area contributed by atoms with E-state index in [0.29, 0.717) is 28.9 Å². The SMILES string of the molecule is CCOC(=O)C(=N)c1ccccc1Nc1ccc(Oc2ccc(C(F)(F)F)cn2)cc1. The van der Waals surface area contributed by atoms with E-state index in [1.54, 1.807) is 55.5 Å². The third kappa shape index (κ3) is 5.59. The summed E-state index contributed by atoms with van der Waals surface area (Å²) < 4.78 is 48.2. The maximum absolute atomic E-state index is 12.6. The zero-order valence-electron chi connectivity index (χ0n) is 16.4. The summed E-state index contributed by atoms with van der Waals surface area (Å²) in [6.07, 6.45) is -3.75. The van der Waals surface area contributed by atoms with Crippen LogP contribution in [-0.4, -0.2) is 23.3 Å². The Morgan fingerprint density at radius 1 is 1.06 bits per heavy atom. The average molecular weight is 429 g/mol. The standard InChI is InChI=1S/C22H18F3N3O3/c1-2-30-21(29)20(26)17-5-3-4-6-18(17)28-15-8-10-16(11-9-15)31-19-12-7-14(13-27-19)22(23,24)25/h3-13,26,28H,2H2,1H3. The molecule has 2 N–H and O–H groups in total. The van der Waals surface area contributed by atoms with Crippen LogP contribution in [0, 0.1) is 5.41 Å². The molecule has 1 heterocycles. The van der Waals surface area contributed by atoms with Gasteiger partial charge >= 0.3 is 12.1 Å². The van der Waals surface area contributed by atoms with Crippen LogP contribution in [0.15, 0.2) is 66.9 Å². The summed E-state index contributed by atoms with van der Waals surface area (Å²) >= 11 is 0. The van der Waals surface area contributed by atoms with Gasteiger partial charge in [-0.1, -0.05) is 18.2 Å². The van der Waals surface area contributed by atoms with Crippen molar-refractivity contribution < 1.29 is 27.4 Å². The van der Waals surface area contributed by atoms with E-state index in [2.05, 4.69) is 10.3 Å². The second-order valence-electron chi connectivity index (χ2n) is 6.28. The molecule has 0 saturated heterocycles. The van der Waals surface area contributed by atoms with E-state index < -0.39 is 17.7 Å². The molecule has 6 nitrogen and oxygen atoms in total. The number of pyridine rings is 1. The van der Waals surface area contributed by atoms with Crippen molar-refractivity contribution in [3.05, 3.63) is 78.0 Å². The number of halogens is 3. The minimum absolute atomic E-state index is 0.0296. The zero-order chi connectivity index (χ0) is 22.4. The molecular weight excluding hydrogens is 411 g/mol. The molecule has 0 radical (unpaired) electrons. The Labute approximate surface area is 176 Å². The number of nitrogens with zero attached hydrogens (tertiary/aromatic N) is 1. The van der Waals surface area contributed by atoms with Gasteiger partial charge in [-0.25, -0.2) is 9.78 Å². The highest BCUT2D eigenvalue weighted by molar-refractivity contribution is 6.43. The van der Waals surface area contributed by atoms with Crippen molar-refractivity contribution in [1.29, 1.82) is 5.41 Å². The van der Waals surface area contributed by atoms with Crippen molar-refractivity contribution >= 4 is 23.1 Å². The maximum Gasteiger partial charge on any atom is 0.417 e. The molecular formula is C22H18F3N3O3. The number of anilines is 2. The lowest BCUT2D eigenvalue weighted by Crippen LogP contribution is -2.18. The van der Waals surface area contributed by atoms with E-state index in [4.69, 9.17) is 14.9 Å². The number of alkyl halides is 3. The Hall–Kier alpha value is -3.88. The lowest BCUT2D eigenvalue weighted by molar-refractivity contribution is -0.138. The quantitative estimate of drug-likeness (QED) is 0.379. The van der Waals surface area contributed by atoms with Crippen LogP contribution < -0.4 is 10.1 Å². The molecule has 3 aromatic rings. The van der Waals surface area contributed by atoms with Crippen LogP contribution in [0.5, 0.6) is 11.6 Å². The van der Waals surface area contributed by atoms with Gasteiger partial charge in [-0.3, -0.25) is 5.41 Å². The first-order valence-electron chi connectivity index (χ1n) is 9.21. The first kappa shape index (κ1) is 21.8. The summed E-state index contributed by atoms with van der Waals surface area (Å²) in [7, 11) is 0. The van der Waals surface area contributed by atoms with Crippen LogP contribution in [0.1, 0.15) is 18.1 Å². The molecule has 0 bridgehead atoms. The molecule has 160 valence electrons. The van der Waals surface area contributed by atoms with E-state index >= 15 is 0 Å². The molecule has 0 atom stereocenters. The minimum atomic E-state index is -4.46. The van der Waals surface area contributed by atoms with Crippen molar-refractivity contribution in [2.75, 3.05) is 11.9 Å². The summed E-state index contributed by atoms with van der Waals surface area (Å²) in [5.74, 6) is -0.308. The Morgan fingerprint density at radius 3 is 2.39 bits per heavy atom. The highest BCUT2D eigenvalue weighted by atomic mass is 19.4. The number of aromatic nitrogens is 1. The predicted molar refractivity (Wildman–Crippen MR) is 109 cm³/mol. The molecule has 1 aromatic heterocycles. The lowest BCUT2D eigenvalue weighted by atomic mass is 10.1. The number of carbonyl (C=O) groups excluding carboxylic acids is 1. The van der Waals surface area contributed by atoms with Crippen molar-refractivity contribution in [1.82, 2.24) is 4.98 Å². The second-order valence-corrected chi connectivity index (χ2v) is 6.28. The van der Waals surface area contributed by atoms with Crippen LogP contribution in [0.3, 0.4) is 0 Å². The summed E-state index contributed by atoms with van der Waals surface area (Å²) in [5.41, 5.74) is 0.454. The van der Waals surface area contributed by atoms with E-state index in [0.717, 1.165) is 12.1 Å². The number of hydrogen-bond acceptors (Lipinski definition) is 6. The highest BCUT2D eigenvalue weighted by Crippen LogP contribution is 2.30. The van der Waals surface area contributed by atoms with Gasteiger partial charge < -0.3 is 14.8 Å². The normalized spacial score (nSPS) is 11.0. The van der Waals surface area contributed by atoms with Crippen LogP contribution in [0.2, 0.25) is 0 Å². The van der Waals surface area contributed by atoms with Crippen molar-refractivity contribution in [2.24, 2.45) is 0 Å². The van der Waals surface area contributed by atoms with Gasteiger partial charge in [-0.05, 0) is 43.3 Å². The monoisotopic (exact) mass is 429 g/mol. The first-order chi connectivity index (χ1) is 14.8. The molecule has 9 heteroatoms. The fourth-order valence-corrected chi connectivity index (χ4v) is 2.61. The molecule has 2 aromatic carbocycles. The van der Waals surface area contributed by atoms with Crippen LogP contribution >= 0.6 is 0 Å². The van der Waals surface area contributed by atoms with Crippen molar-refractivity contribution in [3.63, 3.8) is 0 Å². The molecule has 3 rings (SSSR count). The zero-order valence-corrected chi connectivity index (χ0v) is 16.4. The van der Waals surface area contributed by atoms with Gasteiger partial charge in [-0.15, -0.1) is 0 Å². The van der Waals surface area contributed by atoms with Gasteiger partial charge in [0.25, 0.3) is 0 Å². The molecule has 0 aliphatic rings. The van der Waals surface area contributed by atoms with E-state index in [-0.39, 0.29) is 18.2 Å². The van der Waals surface area contributed by atoms with Crippen LogP contribution in [0.25, 0.3) is 0 Å². The van der Waals surface area contributed by atoms with Crippen molar-refractivity contribution in [3.8, 4) is 11.6 Å². The topological polar surface area (TPSA) is 84.3 Å². The molecule has 0 unspecified atom stereocenters. The third-order valence-corrected chi connectivity index (χ3v) is 4.10. The van der Waals surface area contributed by atoms with E-state index in [9.17, 15) is 18.0 Å². The molecule has 0 spiro atoms. The van der Waals surface area contributed by atoms with Crippen molar-refractivity contribution in [2.45, 2.75) is 13.1 Å². The van der Waals surface area contributed by atoms with Gasteiger partial charge in [0.1, 0.15) is 11.5 Å². The van der Waals surface area contributed by atoms with Gasteiger partial charge in [0.2, 0.25) is 5.88 Å². The highest BCUT2D eigenvalue weighted by Gasteiger charge is 2.30. The number of ether oxygens (including phenoxy) is 2. The van der Waals surface area contributed by atoms with E-state index in [1.165, 1.54) is 0 Å². The minimum Gasteiger partial charge on any atom is -0.461 e. The molecule has 0 aliphatic heterocycles. The number of carbonyl (C=O) groups is 1. The largest absolute Gasteiger partial charge is 0.461 e. The summed E-state index contributed by atoms with van der Waals surface area (Å²) in [5, 5.41) is 11.2. The number of hydrogen-bond donors (Lipinski definition) is 2. The molecule has 0 saturated carbocycles. The van der Waals surface area contributed by atoms with Crippen LogP contribution in [0.4, 0.5) is 24.5 Å². The molecule has 31 heavy (non-hydrogen) atoms. The van der Waals surface area contributed by atoms with E-state index in [1.807, 2.05) is 0 Å². The third-order valence-electron chi connectivity index (χ3n) is 4.10. The lowest BCUT2D eigenvalue weighted by Gasteiger charge is -2.13. The summed E-state index contributed by atoms with van der Waals surface area (Å²) in [4.78, 5) is 15.6. The molecule has 0 fully saturated rings. The first-order valence-corrected chi connectivity index (χ1v) is 9.21. The van der Waals surface area contributed by atoms with Gasteiger partial charge in [-0.2, -0.15) is 13.2 Å². The Kier molecular flexibility index (Phi) is 6.54. The fraction of sp³-hybridized carbons (Fsp3) is 0.136. The number of rotatable bonds is 7. The van der Waals surface area contributed by atoms with Gasteiger partial charge in [0.05, 0.1) is 12.2 Å². The predicted octanol–water partition coefficient (Wildman–Crippen LogP) is 5.57. The molecule has 0 aliphatic carbocycles. The number of para-hydroxylation sites is 1. The Bertz CT molecular complexity index is 1070. The second kappa shape index (κ2) is 9.29. The number of nitrogens with one attached hydrogen (secondary N) is 2. The Balaban J connectivity index is 1.70. The van der Waals surface area contributed by atoms with Crippen LogP contribution in [-0.2, 0) is 15.7 Å². The summed E-state index contributed by atoms with van der Waals surface area (Å²) in [6.45, 7) is 1.84. The van der Waals surface area contributed by atoms with Gasteiger partial charge in [0, 0.05) is 29.2 Å². The fourth-order valence-electron chi connectivity index (χ4n) is 2.61. The maximum atomic E-state index is 12.6. The van der Waals surface area contributed by atoms with Gasteiger partial charge in [0.15, 0.2) is 0 Å². The molecule has 0 amide bonds. The average Bonchev–Trinajstić information content (AvgIpc) is 2.75. The summed E-state index contributed by atoms with van der Waals surface area (Å²) in [6, 6.07) is 15.5.